The Labute approximate surface area is 88.6 Å². The second-order valence-electron chi connectivity index (χ2n) is 2.48. The fourth-order valence-electron chi connectivity index (χ4n) is 0.886. The first-order valence-corrected chi connectivity index (χ1v) is 4.63. The maximum Gasteiger partial charge on any atom is 0.325 e. The minimum atomic E-state index is -1.08. The Kier molecular flexibility index (Phi) is 3.30. The van der Waals surface area contributed by atoms with Crippen molar-refractivity contribution in [2.45, 2.75) is 6.04 Å². The Morgan fingerprint density at radius 1 is 1.62 bits per heavy atom. The van der Waals surface area contributed by atoms with Crippen LogP contribution in [0.4, 0.5) is 0 Å². The van der Waals surface area contributed by atoms with Crippen LogP contribution in [-0.2, 0) is 4.79 Å². The van der Waals surface area contributed by atoms with Crippen molar-refractivity contribution in [2.24, 2.45) is 5.73 Å². The van der Waals surface area contributed by atoms with Crippen LogP contribution in [0, 0.1) is 0 Å². The minimum absolute atomic E-state index is 0.468. The monoisotopic (exact) mass is 263 g/mol. The maximum absolute atomic E-state index is 10.6. The summed E-state index contributed by atoms with van der Waals surface area (Å²) < 4.78 is 0.645. The normalized spacial score (nSPS) is 12.5. The van der Waals surface area contributed by atoms with Crippen LogP contribution in [0.2, 0.25) is 5.02 Å². The molecule has 70 valence electrons. The summed E-state index contributed by atoms with van der Waals surface area (Å²) in [7, 11) is 0. The van der Waals surface area contributed by atoms with Crippen LogP contribution in [0.3, 0.4) is 0 Å². The zero-order chi connectivity index (χ0) is 10.0. The predicted molar refractivity (Wildman–Crippen MR) is 53.7 cm³/mol. The first kappa shape index (κ1) is 10.5. The number of carbonyl (C=O) groups is 1. The standard InChI is InChI=1S/C8H7BrClNO2/c9-6-2-1-4(10)3-5(6)7(11)8(12)13/h1-3,7H,11H2,(H,12,13)/t7-/m1/s1. The summed E-state index contributed by atoms with van der Waals surface area (Å²) in [6, 6.07) is 3.81. The summed E-state index contributed by atoms with van der Waals surface area (Å²) in [4.78, 5) is 10.6. The molecule has 0 unspecified atom stereocenters. The van der Waals surface area contributed by atoms with Gasteiger partial charge in [-0.3, -0.25) is 4.79 Å². The van der Waals surface area contributed by atoms with Gasteiger partial charge < -0.3 is 10.8 Å². The lowest BCUT2D eigenvalue weighted by molar-refractivity contribution is -0.138. The van der Waals surface area contributed by atoms with Crippen LogP contribution in [-0.4, -0.2) is 11.1 Å². The molecule has 1 atom stereocenters. The first-order valence-electron chi connectivity index (χ1n) is 3.45. The molecule has 1 aromatic rings. The number of carboxylic acids is 1. The van der Waals surface area contributed by atoms with Crippen molar-refractivity contribution in [1.82, 2.24) is 0 Å². The fourth-order valence-corrected chi connectivity index (χ4v) is 1.56. The molecule has 0 aliphatic rings. The quantitative estimate of drug-likeness (QED) is 0.860. The van der Waals surface area contributed by atoms with Crippen LogP contribution in [0.5, 0.6) is 0 Å². The van der Waals surface area contributed by atoms with E-state index in [1.165, 1.54) is 6.07 Å². The molecule has 0 radical (unpaired) electrons. The summed E-state index contributed by atoms with van der Waals surface area (Å²) in [5.41, 5.74) is 5.89. The topological polar surface area (TPSA) is 63.3 Å². The van der Waals surface area contributed by atoms with Gasteiger partial charge in [-0.05, 0) is 23.8 Å². The van der Waals surface area contributed by atoms with E-state index in [9.17, 15) is 4.79 Å². The van der Waals surface area contributed by atoms with E-state index in [0.29, 0.717) is 15.1 Å². The highest BCUT2D eigenvalue weighted by Gasteiger charge is 2.17. The molecule has 0 heterocycles. The van der Waals surface area contributed by atoms with E-state index in [-0.39, 0.29) is 0 Å². The van der Waals surface area contributed by atoms with Gasteiger partial charge in [0.25, 0.3) is 0 Å². The lowest BCUT2D eigenvalue weighted by Crippen LogP contribution is -2.20. The summed E-state index contributed by atoms with van der Waals surface area (Å²) in [6.07, 6.45) is 0. The zero-order valence-corrected chi connectivity index (χ0v) is 8.84. The molecule has 3 nitrogen and oxygen atoms in total. The average molecular weight is 265 g/mol. The fraction of sp³-hybridized carbons (Fsp3) is 0.125. The highest BCUT2D eigenvalue weighted by molar-refractivity contribution is 9.10. The molecule has 3 N–H and O–H groups in total. The van der Waals surface area contributed by atoms with Gasteiger partial charge in [-0.2, -0.15) is 0 Å². The molecule has 13 heavy (non-hydrogen) atoms. The van der Waals surface area contributed by atoms with Gasteiger partial charge in [0.15, 0.2) is 0 Å². The van der Waals surface area contributed by atoms with Gasteiger partial charge in [0, 0.05) is 9.50 Å². The third-order valence-corrected chi connectivity index (χ3v) is 2.52. The average Bonchev–Trinajstić information content (AvgIpc) is 2.08. The first-order chi connectivity index (χ1) is 6.02. The van der Waals surface area contributed by atoms with E-state index in [2.05, 4.69) is 15.9 Å². The lowest BCUT2D eigenvalue weighted by Gasteiger charge is -2.08. The van der Waals surface area contributed by atoms with Crippen LogP contribution in [0.15, 0.2) is 22.7 Å². The number of hydrogen-bond donors (Lipinski definition) is 2. The lowest BCUT2D eigenvalue weighted by atomic mass is 10.1. The highest BCUT2D eigenvalue weighted by atomic mass is 79.9. The van der Waals surface area contributed by atoms with Crippen molar-refractivity contribution >= 4 is 33.5 Å². The zero-order valence-electron chi connectivity index (χ0n) is 6.50. The third kappa shape index (κ3) is 2.43. The van der Waals surface area contributed by atoms with E-state index < -0.39 is 12.0 Å². The van der Waals surface area contributed by atoms with Crippen LogP contribution < -0.4 is 5.73 Å². The van der Waals surface area contributed by atoms with Gasteiger partial charge in [-0.25, -0.2) is 0 Å². The Bertz CT molecular complexity index is 343. The van der Waals surface area contributed by atoms with E-state index in [0.717, 1.165) is 0 Å². The molecule has 0 fully saturated rings. The van der Waals surface area contributed by atoms with Crippen molar-refractivity contribution in [3.8, 4) is 0 Å². The van der Waals surface area contributed by atoms with Gasteiger partial charge in [0.2, 0.25) is 0 Å². The minimum Gasteiger partial charge on any atom is -0.480 e. The van der Waals surface area contributed by atoms with Gasteiger partial charge >= 0.3 is 5.97 Å². The molecule has 1 rings (SSSR count). The number of benzene rings is 1. The van der Waals surface area contributed by atoms with Crippen molar-refractivity contribution in [1.29, 1.82) is 0 Å². The van der Waals surface area contributed by atoms with Gasteiger partial charge in [-0.15, -0.1) is 0 Å². The maximum atomic E-state index is 10.6. The van der Waals surface area contributed by atoms with Crippen molar-refractivity contribution < 1.29 is 9.90 Å². The Morgan fingerprint density at radius 2 is 2.23 bits per heavy atom. The second kappa shape index (κ2) is 4.09. The molecule has 5 heteroatoms. The number of carboxylic acid groups (broad SMARTS) is 1. The summed E-state index contributed by atoms with van der Waals surface area (Å²) in [5.74, 6) is -1.08. The third-order valence-electron chi connectivity index (χ3n) is 1.56. The Morgan fingerprint density at radius 3 is 2.77 bits per heavy atom. The SMILES string of the molecule is N[C@@H](C(=O)O)c1cc(Cl)ccc1Br. The molecule has 1 aromatic carbocycles. The summed E-state index contributed by atoms with van der Waals surface area (Å²) in [6.45, 7) is 0. The number of nitrogens with two attached hydrogens (primary N) is 1. The van der Waals surface area contributed by atoms with Crippen LogP contribution in [0.1, 0.15) is 11.6 Å². The number of aliphatic carboxylic acids is 1. The summed E-state index contributed by atoms with van der Waals surface area (Å²) >= 11 is 8.89. The van der Waals surface area contributed by atoms with E-state index in [1.807, 2.05) is 0 Å². The van der Waals surface area contributed by atoms with E-state index in [1.54, 1.807) is 12.1 Å². The van der Waals surface area contributed by atoms with Crippen LogP contribution in [0.25, 0.3) is 0 Å². The van der Waals surface area contributed by atoms with E-state index >= 15 is 0 Å². The molecule has 0 aliphatic heterocycles. The molecule has 0 saturated heterocycles. The van der Waals surface area contributed by atoms with Gasteiger partial charge in [-0.1, -0.05) is 27.5 Å². The molecule has 0 bridgehead atoms. The smallest absolute Gasteiger partial charge is 0.325 e. The van der Waals surface area contributed by atoms with Crippen LogP contribution >= 0.6 is 27.5 Å². The number of halogens is 2. The molecule has 0 saturated carbocycles. The van der Waals surface area contributed by atoms with Crippen molar-refractivity contribution in [3.63, 3.8) is 0 Å². The highest BCUT2D eigenvalue weighted by Crippen LogP contribution is 2.25. The molecule has 0 amide bonds. The molecular formula is C8H7BrClNO2. The Balaban J connectivity index is 3.12. The summed E-state index contributed by atoms with van der Waals surface area (Å²) in [5, 5.41) is 9.13. The predicted octanol–water partition coefficient (Wildman–Crippen LogP) is 2.19. The largest absolute Gasteiger partial charge is 0.480 e. The van der Waals surface area contributed by atoms with Gasteiger partial charge in [0.05, 0.1) is 0 Å². The Hall–Kier alpha value is -0.580. The second-order valence-corrected chi connectivity index (χ2v) is 3.77. The van der Waals surface area contributed by atoms with E-state index in [4.69, 9.17) is 22.4 Å². The molecule has 0 aliphatic carbocycles. The number of rotatable bonds is 2. The molecule has 0 aromatic heterocycles. The van der Waals surface area contributed by atoms with Crippen molar-refractivity contribution in [3.05, 3.63) is 33.3 Å². The van der Waals surface area contributed by atoms with Crippen molar-refractivity contribution in [2.75, 3.05) is 0 Å². The van der Waals surface area contributed by atoms with Gasteiger partial charge in [0.1, 0.15) is 6.04 Å². The molecule has 0 spiro atoms. The molecular weight excluding hydrogens is 257 g/mol. The number of hydrogen-bond acceptors (Lipinski definition) is 2.